The lowest BCUT2D eigenvalue weighted by Crippen LogP contribution is -1.97. The lowest BCUT2D eigenvalue weighted by atomic mass is 9.95. The Morgan fingerprint density at radius 3 is 1.95 bits per heavy atom. The highest BCUT2D eigenvalue weighted by Gasteiger charge is 2.18. The van der Waals surface area contributed by atoms with Crippen molar-refractivity contribution in [1.82, 2.24) is 9.55 Å². The van der Waals surface area contributed by atoms with E-state index in [2.05, 4.69) is 138 Å². The van der Waals surface area contributed by atoms with Crippen LogP contribution in [0, 0.1) is 0 Å². The molecule has 0 aliphatic heterocycles. The minimum Gasteiger partial charge on any atom is -0.455 e. The quantitative estimate of drug-likeness (QED) is 0.214. The van der Waals surface area contributed by atoms with E-state index in [0.717, 1.165) is 61.2 Å². The summed E-state index contributed by atoms with van der Waals surface area (Å²) in [5.41, 5.74) is 10.6. The topological polar surface area (TPSA) is 31.0 Å². The van der Waals surface area contributed by atoms with E-state index in [9.17, 15) is 0 Å². The van der Waals surface area contributed by atoms with Crippen molar-refractivity contribution in [2.24, 2.45) is 0 Å². The van der Waals surface area contributed by atoms with E-state index in [-0.39, 0.29) is 0 Å². The van der Waals surface area contributed by atoms with Crippen LogP contribution in [0.15, 0.2) is 162 Å². The number of hydrogen-bond donors (Lipinski definition) is 0. The minimum absolute atomic E-state index is 0.906. The molecule has 0 aliphatic rings. The predicted octanol–water partition coefficient (Wildman–Crippen LogP) is 11.1. The van der Waals surface area contributed by atoms with E-state index >= 15 is 0 Å². The number of furan rings is 1. The third kappa shape index (κ3) is 3.87. The molecule has 3 heteroatoms. The van der Waals surface area contributed by atoms with Crippen LogP contribution in [0.2, 0.25) is 0 Å². The second-order valence-corrected chi connectivity index (χ2v) is 11.2. The number of aromatic nitrogens is 2. The molecule has 0 radical (unpaired) electrons. The van der Waals surface area contributed by atoms with Gasteiger partial charge >= 0.3 is 0 Å². The van der Waals surface area contributed by atoms with Crippen LogP contribution >= 0.6 is 0 Å². The van der Waals surface area contributed by atoms with Crippen LogP contribution in [-0.2, 0) is 0 Å². The van der Waals surface area contributed by atoms with Crippen molar-refractivity contribution in [2.75, 3.05) is 0 Å². The largest absolute Gasteiger partial charge is 0.455 e. The summed E-state index contributed by atoms with van der Waals surface area (Å²) in [6.45, 7) is 0. The average molecular weight is 563 g/mol. The molecule has 0 bridgehead atoms. The summed E-state index contributed by atoms with van der Waals surface area (Å²) >= 11 is 0. The smallest absolute Gasteiger partial charge is 0.145 e. The van der Waals surface area contributed by atoms with Crippen LogP contribution in [0.3, 0.4) is 0 Å². The predicted molar refractivity (Wildman–Crippen MR) is 182 cm³/mol. The molecule has 0 unspecified atom stereocenters. The fourth-order valence-corrected chi connectivity index (χ4v) is 6.51. The lowest BCUT2D eigenvalue weighted by molar-refractivity contribution is 0.670. The Labute approximate surface area is 254 Å². The third-order valence-electron chi connectivity index (χ3n) is 8.62. The van der Waals surface area contributed by atoms with Crippen LogP contribution in [0.4, 0.5) is 0 Å². The van der Waals surface area contributed by atoms with Gasteiger partial charge in [0.2, 0.25) is 0 Å². The second kappa shape index (κ2) is 9.82. The van der Waals surface area contributed by atoms with E-state index in [4.69, 9.17) is 9.40 Å². The fourth-order valence-electron chi connectivity index (χ4n) is 6.51. The summed E-state index contributed by atoms with van der Waals surface area (Å²) in [4.78, 5) is 5.10. The lowest BCUT2D eigenvalue weighted by Gasteiger charge is -2.13. The first-order valence-corrected chi connectivity index (χ1v) is 14.9. The third-order valence-corrected chi connectivity index (χ3v) is 8.62. The number of imidazole rings is 1. The molecular formula is C41H26N2O. The Bertz CT molecular complexity index is 2470. The molecule has 0 atom stereocenters. The molecule has 0 saturated carbocycles. The standard InChI is InChI=1S/C41H26N2O/c1-2-10-27(11-3-1)28-18-20-30(21-19-28)41-42-36-15-7-8-16-37(36)43(41)32-24-22-29(23-25-32)39-33-13-5-4-12-31(33)26-35-34-14-6-9-17-38(34)44-40(35)39/h1-26H. The first-order chi connectivity index (χ1) is 21.8. The number of fused-ring (bicyclic) bond motifs is 5. The molecule has 0 amide bonds. The maximum absolute atomic E-state index is 6.51. The zero-order valence-electron chi connectivity index (χ0n) is 23.8. The average Bonchev–Trinajstić information content (AvgIpc) is 3.66. The van der Waals surface area contributed by atoms with Gasteiger partial charge < -0.3 is 4.42 Å². The summed E-state index contributed by atoms with van der Waals surface area (Å²) < 4.78 is 8.77. The molecule has 2 aromatic heterocycles. The van der Waals surface area contributed by atoms with Crippen molar-refractivity contribution in [3.8, 4) is 39.3 Å². The minimum atomic E-state index is 0.906. The van der Waals surface area contributed by atoms with E-state index in [1.54, 1.807) is 0 Å². The molecule has 3 nitrogen and oxygen atoms in total. The molecule has 0 saturated heterocycles. The van der Waals surface area contributed by atoms with E-state index < -0.39 is 0 Å². The van der Waals surface area contributed by atoms with Crippen molar-refractivity contribution in [3.05, 3.63) is 158 Å². The number of hydrogen-bond acceptors (Lipinski definition) is 2. The van der Waals surface area contributed by atoms with Crippen LogP contribution < -0.4 is 0 Å². The number of benzene rings is 7. The van der Waals surface area contributed by atoms with Gasteiger partial charge in [0, 0.05) is 27.6 Å². The molecule has 9 aromatic rings. The maximum atomic E-state index is 6.51. The van der Waals surface area contributed by atoms with E-state index in [1.807, 2.05) is 24.3 Å². The van der Waals surface area contributed by atoms with Crippen LogP contribution in [-0.4, -0.2) is 9.55 Å². The van der Waals surface area contributed by atoms with Gasteiger partial charge in [0.05, 0.1) is 11.0 Å². The van der Waals surface area contributed by atoms with Crippen LogP contribution in [0.5, 0.6) is 0 Å². The van der Waals surface area contributed by atoms with Gasteiger partial charge in [-0.3, -0.25) is 4.57 Å². The van der Waals surface area contributed by atoms with Gasteiger partial charge in [-0.15, -0.1) is 0 Å². The van der Waals surface area contributed by atoms with Gasteiger partial charge in [-0.05, 0) is 63.9 Å². The maximum Gasteiger partial charge on any atom is 0.145 e. The summed E-state index contributed by atoms with van der Waals surface area (Å²) in [5.74, 6) is 0.920. The highest BCUT2D eigenvalue weighted by atomic mass is 16.3. The van der Waals surface area contributed by atoms with Crippen LogP contribution in [0.1, 0.15) is 0 Å². The highest BCUT2D eigenvalue weighted by molar-refractivity contribution is 6.18. The Hall–Kier alpha value is -5.93. The summed E-state index contributed by atoms with van der Waals surface area (Å²) in [7, 11) is 0. The first kappa shape index (κ1) is 24.6. The van der Waals surface area contributed by atoms with E-state index in [0.29, 0.717) is 0 Å². The Morgan fingerprint density at radius 2 is 1.11 bits per heavy atom. The van der Waals surface area contributed by atoms with Crippen LogP contribution in [0.25, 0.3) is 83.1 Å². The van der Waals surface area contributed by atoms with E-state index in [1.165, 1.54) is 21.9 Å². The van der Waals surface area contributed by atoms with Crippen molar-refractivity contribution < 1.29 is 4.42 Å². The molecule has 7 aromatic carbocycles. The molecular weight excluding hydrogens is 536 g/mol. The van der Waals surface area contributed by atoms with Crippen molar-refractivity contribution in [1.29, 1.82) is 0 Å². The summed E-state index contributed by atoms with van der Waals surface area (Å²) in [6.07, 6.45) is 0. The molecule has 206 valence electrons. The normalized spacial score (nSPS) is 11.6. The van der Waals surface area contributed by atoms with Gasteiger partial charge in [-0.2, -0.15) is 0 Å². The van der Waals surface area contributed by atoms with Gasteiger partial charge in [0.25, 0.3) is 0 Å². The van der Waals surface area contributed by atoms with Crippen molar-refractivity contribution in [2.45, 2.75) is 0 Å². The SMILES string of the molecule is c1ccc(-c2ccc(-c3nc4ccccc4n3-c3ccc(-c4c5ccccc5cc5c4oc4ccccc45)cc3)cc2)cc1. The first-order valence-electron chi connectivity index (χ1n) is 14.9. The molecule has 44 heavy (non-hydrogen) atoms. The summed E-state index contributed by atoms with van der Waals surface area (Å²) in [6, 6.07) is 55.4. The molecule has 9 rings (SSSR count). The number of nitrogens with zero attached hydrogens (tertiary/aromatic N) is 2. The van der Waals surface area contributed by atoms with Gasteiger partial charge in [0.1, 0.15) is 17.0 Å². The molecule has 0 spiro atoms. The zero-order valence-corrected chi connectivity index (χ0v) is 23.8. The zero-order chi connectivity index (χ0) is 29.0. The fraction of sp³-hybridized carbons (Fsp3) is 0. The van der Waals surface area contributed by atoms with Gasteiger partial charge in [0.15, 0.2) is 0 Å². The van der Waals surface area contributed by atoms with Gasteiger partial charge in [-0.25, -0.2) is 4.98 Å². The van der Waals surface area contributed by atoms with Gasteiger partial charge in [-0.1, -0.05) is 121 Å². The Morgan fingerprint density at radius 1 is 0.477 bits per heavy atom. The Kier molecular flexibility index (Phi) is 5.50. The molecule has 0 aliphatic carbocycles. The molecule has 0 N–H and O–H groups in total. The Balaban J connectivity index is 1.20. The molecule has 0 fully saturated rings. The summed E-state index contributed by atoms with van der Waals surface area (Å²) in [5, 5.41) is 4.66. The van der Waals surface area contributed by atoms with Crippen molar-refractivity contribution in [3.63, 3.8) is 0 Å². The second-order valence-electron chi connectivity index (χ2n) is 11.2. The highest BCUT2D eigenvalue weighted by Crippen LogP contribution is 2.41. The number of para-hydroxylation sites is 3. The van der Waals surface area contributed by atoms with Crippen molar-refractivity contribution >= 4 is 43.7 Å². The number of rotatable bonds is 4. The molecule has 2 heterocycles. The monoisotopic (exact) mass is 562 g/mol.